The molecule has 2 N–H and O–H groups in total. The van der Waals surface area contributed by atoms with Crippen molar-refractivity contribution in [3.8, 4) is 0 Å². The minimum Gasteiger partial charge on any atom is -0.298 e. The fraction of sp³-hybridized carbons (Fsp3) is 0.833. The number of hydrogen-bond donors (Lipinski definition) is 2. The van der Waals surface area contributed by atoms with Gasteiger partial charge in [0.2, 0.25) is 0 Å². The Kier molecular flexibility index (Phi) is 4.68. The molecule has 0 rings (SSSR count). The highest BCUT2D eigenvalue weighted by Crippen LogP contribution is 2.12. The van der Waals surface area contributed by atoms with E-state index in [-0.39, 0.29) is 0 Å². The lowest BCUT2D eigenvalue weighted by Crippen LogP contribution is -2.46. The number of Topliss-reactive ketones (excluding diaryl/α,β-unsaturated/α-hetero) is 1. The molecule has 0 aromatic carbocycles. The molecular weight excluding hydrogens is 237 g/mol. The number of nitrogens with one attached hydrogen (secondary N) is 2. The number of alkyl halides is 3. The number of hydrogen-bond acceptors (Lipinski definition) is 3. The summed E-state index contributed by atoms with van der Waals surface area (Å²) >= 11 is 0. The summed E-state index contributed by atoms with van der Waals surface area (Å²) in [7, 11) is -4.30. The molecule has 0 radical (unpaired) electrons. The van der Waals surface area contributed by atoms with E-state index in [0.29, 0.717) is 0 Å². The van der Waals surface area contributed by atoms with Gasteiger partial charge in [-0.2, -0.15) is 31.0 Å². The van der Waals surface area contributed by atoms with E-state index in [1.807, 2.05) is 0 Å². The maximum Gasteiger partial charge on any atom is 0.402 e. The van der Waals surface area contributed by atoms with Crippen molar-refractivity contribution in [3.05, 3.63) is 0 Å². The van der Waals surface area contributed by atoms with Crippen LogP contribution in [0.5, 0.6) is 0 Å². The second-order valence-electron chi connectivity index (χ2n) is 2.89. The quantitative estimate of drug-likeness (QED) is 0.716. The minimum absolute atomic E-state index is 0.493. The monoisotopic (exact) mass is 248 g/mol. The summed E-state index contributed by atoms with van der Waals surface area (Å²) in [5.74, 6) is -0.493. The lowest BCUT2D eigenvalue weighted by Gasteiger charge is -2.13. The van der Waals surface area contributed by atoms with Crippen molar-refractivity contribution in [2.45, 2.75) is 26.1 Å². The summed E-state index contributed by atoms with van der Waals surface area (Å²) < 4.78 is 59.8. The number of ketones is 1. The molecule has 1 atom stereocenters. The van der Waals surface area contributed by atoms with Crippen molar-refractivity contribution >= 4 is 16.0 Å². The zero-order chi connectivity index (χ0) is 12.3. The van der Waals surface area contributed by atoms with Crippen molar-refractivity contribution in [1.82, 2.24) is 9.44 Å². The summed E-state index contributed by atoms with van der Waals surface area (Å²) in [5.41, 5.74) is 0. The summed E-state index contributed by atoms with van der Waals surface area (Å²) in [6.07, 6.45) is -4.63. The van der Waals surface area contributed by atoms with Gasteiger partial charge in [-0.25, -0.2) is 0 Å². The molecule has 90 valence electrons. The largest absolute Gasteiger partial charge is 0.402 e. The predicted octanol–water partition coefficient (Wildman–Crippen LogP) is -0.0498. The first-order valence-corrected chi connectivity index (χ1v) is 5.36. The van der Waals surface area contributed by atoms with Gasteiger partial charge < -0.3 is 0 Å². The molecule has 0 amide bonds. The van der Waals surface area contributed by atoms with Crippen molar-refractivity contribution in [1.29, 1.82) is 0 Å². The van der Waals surface area contributed by atoms with Gasteiger partial charge in [-0.05, 0) is 13.8 Å². The standard InChI is InChI=1S/C6H11F3N2O3S/c1-4(5(2)12)11-15(13,14)10-3-6(7,8)9/h4,10-11H,3H2,1-2H3. The van der Waals surface area contributed by atoms with Crippen molar-refractivity contribution < 1.29 is 26.4 Å². The molecule has 0 heterocycles. The lowest BCUT2D eigenvalue weighted by molar-refractivity contribution is -0.121. The first-order valence-electron chi connectivity index (χ1n) is 3.87. The highest BCUT2D eigenvalue weighted by atomic mass is 32.2. The van der Waals surface area contributed by atoms with Gasteiger partial charge in [0.15, 0.2) is 0 Å². The van der Waals surface area contributed by atoms with Gasteiger partial charge in [0.05, 0.1) is 6.04 Å². The topological polar surface area (TPSA) is 75.3 Å². The third kappa shape index (κ3) is 7.28. The Morgan fingerprint density at radius 3 is 2.20 bits per heavy atom. The molecule has 0 fully saturated rings. The van der Waals surface area contributed by atoms with Gasteiger partial charge in [0, 0.05) is 0 Å². The molecular formula is C6H11F3N2O3S. The molecule has 9 heteroatoms. The van der Waals surface area contributed by atoms with E-state index in [1.54, 1.807) is 4.72 Å². The van der Waals surface area contributed by atoms with Crippen LogP contribution in [0.2, 0.25) is 0 Å². The first-order chi connectivity index (χ1) is 6.53. The van der Waals surface area contributed by atoms with E-state index in [0.717, 1.165) is 6.92 Å². The molecule has 0 aliphatic carbocycles. The van der Waals surface area contributed by atoms with Crippen LogP contribution in [0.15, 0.2) is 0 Å². The number of rotatable bonds is 5. The average Bonchev–Trinajstić information content (AvgIpc) is 1.99. The summed E-state index contributed by atoms with van der Waals surface area (Å²) in [6, 6.07) is -1.06. The molecule has 0 aromatic rings. The van der Waals surface area contributed by atoms with E-state index >= 15 is 0 Å². The molecule has 0 saturated heterocycles. The Labute approximate surface area is 85.2 Å². The van der Waals surface area contributed by atoms with Crippen LogP contribution in [0, 0.1) is 0 Å². The molecule has 0 aromatic heterocycles. The Bertz CT molecular complexity index is 325. The zero-order valence-electron chi connectivity index (χ0n) is 8.05. The number of carbonyl (C=O) groups is 1. The van der Waals surface area contributed by atoms with E-state index < -0.39 is 34.8 Å². The fourth-order valence-electron chi connectivity index (χ4n) is 0.534. The van der Waals surface area contributed by atoms with Crippen LogP contribution < -0.4 is 9.44 Å². The zero-order valence-corrected chi connectivity index (χ0v) is 8.87. The number of halogens is 3. The third-order valence-corrected chi connectivity index (χ3v) is 2.59. The summed E-state index contributed by atoms with van der Waals surface area (Å²) in [5, 5.41) is 0. The van der Waals surface area contributed by atoms with Crippen molar-refractivity contribution in [2.24, 2.45) is 0 Å². The third-order valence-electron chi connectivity index (χ3n) is 1.40. The van der Waals surface area contributed by atoms with Crippen molar-refractivity contribution in [3.63, 3.8) is 0 Å². The highest BCUT2D eigenvalue weighted by molar-refractivity contribution is 7.87. The molecule has 0 aliphatic rings. The maximum absolute atomic E-state index is 11.7. The van der Waals surface area contributed by atoms with Crippen molar-refractivity contribution in [2.75, 3.05) is 6.54 Å². The maximum atomic E-state index is 11.7. The highest BCUT2D eigenvalue weighted by Gasteiger charge is 2.30. The Morgan fingerprint density at radius 1 is 1.40 bits per heavy atom. The van der Waals surface area contributed by atoms with Crippen LogP contribution in [-0.2, 0) is 15.0 Å². The molecule has 15 heavy (non-hydrogen) atoms. The van der Waals surface area contributed by atoms with Crippen LogP contribution in [0.1, 0.15) is 13.8 Å². The number of carbonyl (C=O) groups excluding carboxylic acids is 1. The van der Waals surface area contributed by atoms with E-state index in [4.69, 9.17) is 0 Å². The van der Waals surface area contributed by atoms with Gasteiger partial charge in [-0.1, -0.05) is 0 Å². The molecule has 0 spiro atoms. The lowest BCUT2D eigenvalue weighted by atomic mass is 10.3. The Balaban J connectivity index is 4.27. The SMILES string of the molecule is CC(=O)C(C)NS(=O)(=O)NCC(F)(F)F. The van der Waals surface area contributed by atoms with Crippen LogP contribution >= 0.6 is 0 Å². The molecule has 1 unspecified atom stereocenters. The molecule has 0 aliphatic heterocycles. The average molecular weight is 248 g/mol. The van der Waals surface area contributed by atoms with Crippen LogP contribution in [-0.4, -0.2) is 33.0 Å². The van der Waals surface area contributed by atoms with Gasteiger partial charge in [-0.3, -0.25) is 4.79 Å². The normalized spacial score (nSPS) is 15.0. The first kappa shape index (κ1) is 14.3. The van der Waals surface area contributed by atoms with Gasteiger partial charge in [0.1, 0.15) is 12.3 Å². The second kappa shape index (κ2) is 4.90. The molecule has 0 bridgehead atoms. The van der Waals surface area contributed by atoms with Gasteiger partial charge >= 0.3 is 6.18 Å². The smallest absolute Gasteiger partial charge is 0.298 e. The van der Waals surface area contributed by atoms with Crippen LogP contribution in [0.25, 0.3) is 0 Å². The molecule has 0 saturated carbocycles. The fourth-order valence-corrected chi connectivity index (χ4v) is 1.60. The Hall–Kier alpha value is -0.670. The minimum atomic E-state index is -4.63. The summed E-state index contributed by atoms with van der Waals surface area (Å²) in [4.78, 5) is 10.6. The van der Waals surface area contributed by atoms with E-state index in [2.05, 4.69) is 0 Å². The Morgan fingerprint density at radius 2 is 1.87 bits per heavy atom. The predicted molar refractivity (Wildman–Crippen MR) is 46.3 cm³/mol. The van der Waals surface area contributed by atoms with Gasteiger partial charge in [-0.15, -0.1) is 0 Å². The van der Waals surface area contributed by atoms with E-state index in [1.165, 1.54) is 11.6 Å². The second-order valence-corrected chi connectivity index (χ2v) is 4.42. The summed E-state index contributed by atoms with van der Waals surface area (Å²) in [6.45, 7) is 0.680. The van der Waals surface area contributed by atoms with Gasteiger partial charge in [0.25, 0.3) is 10.2 Å². The van der Waals surface area contributed by atoms with Crippen LogP contribution in [0.4, 0.5) is 13.2 Å². The molecule has 5 nitrogen and oxygen atoms in total. The van der Waals surface area contributed by atoms with Crippen LogP contribution in [0.3, 0.4) is 0 Å². The van der Waals surface area contributed by atoms with E-state index in [9.17, 15) is 26.4 Å².